The van der Waals surface area contributed by atoms with Crippen LogP contribution in [-0.4, -0.2) is 25.1 Å². The Morgan fingerprint density at radius 3 is 2.53 bits per heavy atom. The highest BCUT2D eigenvalue weighted by molar-refractivity contribution is 5.95. The maximum Gasteiger partial charge on any atom is 0.345 e. The van der Waals surface area contributed by atoms with Crippen LogP contribution in [0.1, 0.15) is 10.4 Å². The summed E-state index contributed by atoms with van der Waals surface area (Å²) in [6, 6.07) is 4.20. The quantitative estimate of drug-likeness (QED) is 0.428. The second-order valence-electron chi connectivity index (χ2n) is 2.61. The van der Waals surface area contributed by atoms with Crippen molar-refractivity contribution in [1.29, 1.82) is 0 Å². The Kier molecular flexibility index (Phi) is 3.22. The molecule has 0 atom stereocenters. The van der Waals surface area contributed by atoms with Crippen molar-refractivity contribution in [1.82, 2.24) is 0 Å². The van der Waals surface area contributed by atoms with Gasteiger partial charge in [-0.3, -0.25) is 10.1 Å². The van der Waals surface area contributed by atoms with E-state index < -0.39 is 10.9 Å². The summed E-state index contributed by atoms with van der Waals surface area (Å²) < 4.78 is 9.22. The highest BCUT2D eigenvalue weighted by atomic mass is 16.6. The van der Waals surface area contributed by atoms with E-state index in [2.05, 4.69) is 4.74 Å². The summed E-state index contributed by atoms with van der Waals surface area (Å²) in [6.45, 7) is 0. The molecule has 6 nitrogen and oxygen atoms in total. The maximum absolute atomic E-state index is 11.2. The number of rotatable bonds is 3. The normalized spacial score (nSPS) is 9.47. The number of ether oxygens (including phenoxy) is 2. The van der Waals surface area contributed by atoms with Gasteiger partial charge in [0.1, 0.15) is 5.56 Å². The molecule has 0 radical (unpaired) electrons. The lowest BCUT2D eigenvalue weighted by atomic mass is 10.1. The summed E-state index contributed by atoms with van der Waals surface area (Å²) in [5, 5.41) is 10.7. The minimum absolute atomic E-state index is 0.0305. The molecule has 0 aromatic heterocycles. The first-order valence-corrected chi connectivity index (χ1v) is 4.01. The van der Waals surface area contributed by atoms with Crippen molar-refractivity contribution >= 4 is 11.7 Å². The molecule has 0 aliphatic carbocycles. The molecule has 0 fully saturated rings. The Morgan fingerprint density at radius 2 is 2.07 bits per heavy atom. The third kappa shape index (κ3) is 2.04. The fourth-order valence-corrected chi connectivity index (χ4v) is 1.15. The van der Waals surface area contributed by atoms with Crippen molar-refractivity contribution in [2.45, 2.75) is 0 Å². The molecule has 0 bridgehead atoms. The third-order valence-electron chi connectivity index (χ3n) is 1.81. The molecule has 0 aliphatic rings. The van der Waals surface area contributed by atoms with Gasteiger partial charge in [0.2, 0.25) is 0 Å². The summed E-state index contributed by atoms with van der Waals surface area (Å²) in [6.07, 6.45) is 0. The molecule has 80 valence electrons. The number of carbonyl (C=O) groups excluding carboxylic acids is 1. The van der Waals surface area contributed by atoms with Crippen molar-refractivity contribution in [3.05, 3.63) is 33.9 Å². The zero-order valence-corrected chi connectivity index (χ0v) is 8.22. The number of hydrogen-bond acceptors (Lipinski definition) is 5. The Balaban J connectivity index is 3.38. The molecule has 0 saturated heterocycles. The Bertz CT molecular complexity index is 401. The molecular formula is C9H9NO5. The van der Waals surface area contributed by atoms with Crippen molar-refractivity contribution in [3.63, 3.8) is 0 Å². The number of para-hydroxylation sites is 1. The van der Waals surface area contributed by atoms with Crippen LogP contribution in [0.4, 0.5) is 5.69 Å². The average molecular weight is 211 g/mol. The molecule has 1 aromatic carbocycles. The van der Waals surface area contributed by atoms with Crippen molar-refractivity contribution in [2.75, 3.05) is 14.2 Å². The first kappa shape index (κ1) is 11.0. The van der Waals surface area contributed by atoms with Gasteiger partial charge in [0.05, 0.1) is 19.1 Å². The molecule has 6 heteroatoms. The predicted octanol–water partition coefficient (Wildman–Crippen LogP) is 1.39. The molecular weight excluding hydrogens is 202 g/mol. The van der Waals surface area contributed by atoms with Gasteiger partial charge in [-0.25, -0.2) is 4.79 Å². The summed E-state index contributed by atoms with van der Waals surface area (Å²) in [5.41, 5.74) is -0.506. The molecule has 0 N–H and O–H groups in total. The van der Waals surface area contributed by atoms with Gasteiger partial charge in [-0.1, -0.05) is 6.07 Å². The zero-order chi connectivity index (χ0) is 11.4. The number of methoxy groups -OCH3 is 2. The number of esters is 1. The Morgan fingerprint density at radius 1 is 1.40 bits per heavy atom. The maximum atomic E-state index is 11.2. The van der Waals surface area contributed by atoms with Crippen LogP contribution in [0.2, 0.25) is 0 Å². The van der Waals surface area contributed by atoms with Gasteiger partial charge in [0.25, 0.3) is 0 Å². The van der Waals surface area contributed by atoms with E-state index in [1.165, 1.54) is 25.3 Å². The fourth-order valence-electron chi connectivity index (χ4n) is 1.15. The lowest BCUT2D eigenvalue weighted by Gasteiger charge is -2.04. The van der Waals surface area contributed by atoms with Crippen LogP contribution < -0.4 is 4.74 Å². The lowest BCUT2D eigenvalue weighted by molar-refractivity contribution is -0.386. The number of carbonyl (C=O) groups is 1. The first-order chi connectivity index (χ1) is 7.11. The van der Waals surface area contributed by atoms with Gasteiger partial charge < -0.3 is 9.47 Å². The van der Waals surface area contributed by atoms with E-state index >= 15 is 0 Å². The minimum atomic E-state index is -0.763. The number of nitrogens with zero attached hydrogens (tertiary/aromatic N) is 1. The van der Waals surface area contributed by atoms with Crippen molar-refractivity contribution < 1.29 is 19.2 Å². The molecule has 0 saturated carbocycles. The molecule has 1 aromatic rings. The average Bonchev–Trinajstić information content (AvgIpc) is 2.26. The van der Waals surface area contributed by atoms with E-state index in [0.717, 1.165) is 7.11 Å². The summed E-state index contributed by atoms with van der Waals surface area (Å²) in [5.74, 6) is -0.733. The topological polar surface area (TPSA) is 78.7 Å². The van der Waals surface area contributed by atoms with E-state index in [-0.39, 0.29) is 17.0 Å². The first-order valence-electron chi connectivity index (χ1n) is 4.01. The highest BCUT2D eigenvalue weighted by Crippen LogP contribution is 2.30. The van der Waals surface area contributed by atoms with Gasteiger partial charge in [-0.15, -0.1) is 0 Å². The van der Waals surface area contributed by atoms with Crippen LogP contribution >= 0.6 is 0 Å². The number of nitro groups is 1. The van der Waals surface area contributed by atoms with Crippen molar-refractivity contribution in [3.8, 4) is 5.75 Å². The van der Waals surface area contributed by atoms with Crippen LogP contribution in [0.15, 0.2) is 18.2 Å². The number of nitro benzene ring substituents is 1. The SMILES string of the molecule is COC(=O)c1cccc(OC)c1[N+](=O)[O-]. The largest absolute Gasteiger partial charge is 0.490 e. The van der Waals surface area contributed by atoms with E-state index in [0.29, 0.717) is 0 Å². The zero-order valence-electron chi connectivity index (χ0n) is 8.22. The van der Waals surface area contributed by atoms with Crippen LogP contribution in [0.3, 0.4) is 0 Å². The second-order valence-corrected chi connectivity index (χ2v) is 2.61. The summed E-state index contributed by atoms with van der Waals surface area (Å²) >= 11 is 0. The molecule has 1 rings (SSSR count). The third-order valence-corrected chi connectivity index (χ3v) is 1.81. The van der Waals surface area contributed by atoms with E-state index in [1.807, 2.05) is 0 Å². The highest BCUT2D eigenvalue weighted by Gasteiger charge is 2.25. The predicted molar refractivity (Wildman–Crippen MR) is 51.0 cm³/mol. The van der Waals surface area contributed by atoms with E-state index in [9.17, 15) is 14.9 Å². The van der Waals surface area contributed by atoms with Crippen LogP contribution in [0, 0.1) is 10.1 Å². The van der Waals surface area contributed by atoms with E-state index in [1.54, 1.807) is 0 Å². The fraction of sp³-hybridized carbons (Fsp3) is 0.222. The van der Waals surface area contributed by atoms with Crippen LogP contribution in [-0.2, 0) is 4.74 Å². The van der Waals surface area contributed by atoms with Crippen LogP contribution in [0.5, 0.6) is 5.75 Å². The minimum Gasteiger partial charge on any atom is -0.490 e. The molecule has 15 heavy (non-hydrogen) atoms. The van der Waals surface area contributed by atoms with Gasteiger partial charge in [0, 0.05) is 0 Å². The van der Waals surface area contributed by atoms with Gasteiger partial charge >= 0.3 is 11.7 Å². The summed E-state index contributed by atoms with van der Waals surface area (Å²) in [4.78, 5) is 21.3. The van der Waals surface area contributed by atoms with E-state index in [4.69, 9.17) is 4.74 Å². The van der Waals surface area contributed by atoms with Crippen molar-refractivity contribution in [2.24, 2.45) is 0 Å². The monoisotopic (exact) mass is 211 g/mol. The number of benzene rings is 1. The summed E-state index contributed by atoms with van der Waals surface area (Å²) in [7, 11) is 2.45. The van der Waals surface area contributed by atoms with Gasteiger partial charge in [0.15, 0.2) is 5.75 Å². The molecule has 0 heterocycles. The number of hydrogen-bond donors (Lipinski definition) is 0. The molecule has 0 unspecified atom stereocenters. The molecule has 0 amide bonds. The van der Waals surface area contributed by atoms with Gasteiger partial charge in [-0.2, -0.15) is 0 Å². The van der Waals surface area contributed by atoms with Crippen LogP contribution in [0.25, 0.3) is 0 Å². The molecule has 0 spiro atoms. The Hall–Kier alpha value is -2.11. The Labute approximate surface area is 85.6 Å². The molecule has 0 aliphatic heterocycles. The smallest absolute Gasteiger partial charge is 0.345 e. The standard InChI is InChI=1S/C9H9NO5/c1-14-7-5-3-4-6(9(11)15-2)8(7)10(12)13/h3-5H,1-2H3. The second kappa shape index (κ2) is 4.41. The van der Waals surface area contributed by atoms with Gasteiger partial charge in [-0.05, 0) is 12.1 Å². The lowest BCUT2D eigenvalue weighted by Crippen LogP contribution is -2.06.